The highest BCUT2D eigenvalue weighted by molar-refractivity contribution is 7.89. The third kappa shape index (κ3) is 3.01. The van der Waals surface area contributed by atoms with Crippen LogP contribution in [0.4, 0.5) is 4.39 Å². The van der Waals surface area contributed by atoms with Crippen LogP contribution in [0.2, 0.25) is 5.02 Å². The monoisotopic (exact) mass is 353 g/mol. The Morgan fingerprint density at radius 1 is 1.22 bits per heavy atom. The Kier molecular flexibility index (Phi) is 4.45. The molecule has 0 bridgehead atoms. The second-order valence-electron chi connectivity index (χ2n) is 5.70. The molecule has 2 aromatic carbocycles. The topological polar surface area (TPSA) is 37.4 Å². The summed E-state index contributed by atoms with van der Waals surface area (Å²) in [5, 5.41) is 0.173. The average molecular weight is 354 g/mol. The van der Waals surface area contributed by atoms with Crippen LogP contribution < -0.4 is 0 Å². The summed E-state index contributed by atoms with van der Waals surface area (Å²) in [7, 11) is -2.42. The number of halogens is 2. The molecule has 1 aliphatic carbocycles. The Morgan fingerprint density at radius 3 is 2.70 bits per heavy atom. The molecule has 0 saturated heterocycles. The smallest absolute Gasteiger partial charge is 0.207 e. The molecule has 0 radical (unpaired) electrons. The fourth-order valence-electron chi connectivity index (χ4n) is 3.11. The standard InChI is InChI=1S/C17H17ClFNO2S/c1-20(16-8-4-6-12-5-2-3-7-14(12)16)23(21,22)17-10-9-13(18)11-15(17)19/h2-3,5,7,9-11,16H,4,6,8H2,1H3. The lowest BCUT2D eigenvalue weighted by molar-refractivity contribution is 0.336. The van der Waals surface area contributed by atoms with E-state index in [1.54, 1.807) is 0 Å². The molecule has 3 nitrogen and oxygen atoms in total. The van der Waals surface area contributed by atoms with Gasteiger partial charge in [-0.05, 0) is 48.6 Å². The average Bonchev–Trinajstić information content (AvgIpc) is 2.53. The predicted octanol–water partition coefficient (Wildman–Crippen LogP) is 4.18. The largest absolute Gasteiger partial charge is 0.246 e. The maximum atomic E-state index is 14.1. The van der Waals surface area contributed by atoms with Gasteiger partial charge in [0.1, 0.15) is 10.7 Å². The predicted molar refractivity (Wildman–Crippen MR) is 88.5 cm³/mol. The van der Waals surface area contributed by atoms with Crippen LogP contribution in [0.3, 0.4) is 0 Å². The van der Waals surface area contributed by atoms with Crippen LogP contribution in [-0.4, -0.2) is 19.8 Å². The summed E-state index contributed by atoms with van der Waals surface area (Å²) < 4.78 is 41.0. The first kappa shape index (κ1) is 16.4. The normalized spacial score (nSPS) is 18.0. The fraction of sp³-hybridized carbons (Fsp3) is 0.294. The van der Waals surface area contributed by atoms with E-state index >= 15 is 0 Å². The van der Waals surface area contributed by atoms with E-state index in [0.717, 1.165) is 36.5 Å². The molecule has 3 rings (SSSR count). The molecule has 0 heterocycles. The van der Waals surface area contributed by atoms with Gasteiger partial charge in [0.25, 0.3) is 0 Å². The highest BCUT2D eigenvalue weighted by Gasteiger charge is 2.33. The lowest BCUT2D eigenvalue weighted by atomic mass is 9.88. The maximum Gasteiger partial charge on any atom is 0.246 e. The van der Waals surface area contributed by atoms with Crippen molar-refractivity contribution < 1.29 is 12.8 Å². The number of rotatable bonds is 3. The van der Waals surface area contributed by atoms with E-state index in [1.807, 2.05) is 24.3 Å². The van der Waals surface area contributed by atoms with Crippen molar-refractivity contribution in [3.63, 3.8) is 0 Å². The van der Waals surface area contributed by atoms with Gasteiger partial charge in [-0.1, -0.05) is 35.9 Å². The van der Waals surface area contributed by atoms with Gasteiger partial charge >= 0.3 is 0 Å². The Morgan fingerprint density at radius 2 is 1.96 bits per heavy atom. The maximum absolute atomic E-state index is 14.1. The van der Waals surface area contributed by atoms with Gasteiger partial charge in [0, 0.05) is 18.1 Å². The molecule has 122 valence electrons. The summed E-state index contributed by atoms with van der Waals surface area (Å²) >= 11 is 5.71. The van der Waals surface area contributed by atoms with Crippen LogP contribution in [0.1, 0.15) is 30.0 Å². The number of nitrogens with zero attached hydrogens (tertiary/aromatic N) is 1. The Balaban J connectivity index is 2.01. The second-order valence-corrected chi connectivity index (χ2v) is 8.11. The van der Waals surface area contributed by atoms with Crippen molar-refractivity contribution in [2.45, 2.75) is 30.2 Å². The molecule has 2 aromatic rings. The van der Waals surface area contributed by atoms with E-state index in [9.17, 15) is 12.8 Å². The van der Waals surface area contributed by atoms with Gasteiger partial charge in [-0.15, -0.1) is 0 Å². The van der Waals surface area contributed by atoms with Crippen LogP contribution in [-0.2, 0) is 16.4 Å². The highest BCUT2D eigenvalue weighted by atomic mass is 35.5. The molecule has 0 aliphatic heterocycles. The van der Waals surface area contributed by atoms with Gasteiger partial charge in [-0.2, -0.15) is 4.31 Å². The molecule has 23 heavy (non-hydrogen) atoms. The molecule has 0 amide bonds. The van der Waals surface area contributed by atoms with Crippen molar-refractivity contribution in [1.29, 1.82) is 0 Å². The van der Waals surface area contributed by atoms with Crippen LogP contribution in [0.25, 0.3) is 0 Å². The minimum Gasteiger partial charge on any atom is -0.207 e. The zero-order valence-electron chi connectivity index (χ0n) is 12.7. The molecule has 0 aromatic heterocycles. The molecule has 0 spiro atoms. The van der Waals surface area contributed by atoms with Gasteiger partial charge in [-0.3, -0.25) is 0 Å². The quantitative estimate of drug-likeness (QED) is 0.830. The second kappa shape index (κ2) is 6.23. The number of hydrogen-bond donors (Lipinski definition) is 0. The molecule has 0 fully saturated rings. The van der Waals surface area contributed by atoms with Gasteiger partial charge in [0.2, 0.25) is 10.0 Å². The molecular weight excluding hydrogens is 337 g/mol. The van der Waals surface area contributed by atoms with Gasteiger partial charge in [0.15, 0.2) is 0 Å². The Labute approximate surface area is 140 Å². The summed E-state index contributed by atoms with van der Waals surface area (Å²) in [4.78, 5) is -0.340. The Hall–Kier alpha value is -1.43. The van der Waals surface area contributed by atoms with Crippen LogP contribution in [0.15, 0.2) is 47.4 Å². The van der Waals surface area contributed by atoms with Crippen molar-refractivity contribution in [1.82, 2.24) is 4.31 Å². The van der Waals surface area contributed by atoms with Gasteiger partial charge < -0.3 is 0 Å². The summed E-state index contributed by atoms with van der Waals surface area (Å²) in [6, 6.07) is 11.2. The first-order valence-corrected chi connectivity index (χ1v) is 9.24. The van der Waals surface area contributed by atoms with Crippen molar-refractivity contribution in [3.05, 3.63) is 64.4 Å². The molecule has 6 heteroatoms. The third-order valence-corrected chi connectivity index (χ3v) is 6.46. The molecule has 1 aliphatic rings. The van der Waals surface area contributed by atoms with Crippen molar-refractivity contribution >= 4 is 21.6 Å². The summed E-state index contributed by atoms with van der Waals surface area (Å²) in [5.74, 6) is -0.826. The molecule has 1 unspecified atom stereocenters. The van der Waals surface area contributed by atoms with Crippen molar-refractivity contribution in [2.75, 3.05) is 7.05 Å². The van der Waals surface area contributed by atoms with Gasteiger partial charge in [-0.25, -0.2) is 12.8 Å². The van der Waals surface area contributed by atoms with Crippen molar-refractivity contribution in [2.24, 2.45) is 0 Å². The number of hydrogen-bond acceptors (Lipinski definition) is 2. The Bertz CT molecular complexity index is 838. The first-order chi connectivity index (χ1) is 10.9. The zero-order chi connectivity index (χ0) is 16.6. The zero-order valence-corrected chi connectivity index (χ0v) is 14.2. The van der Waals surface area contributed by atoms with E-state index < -0.39 is 15.8 Å². The minimum absolute atomic E-state index is 0.173. The molecule has 0 saturated carbocycles. The third-order valence-electron chi connectivity index (χ3n) is 4.33. The molecular formula is C17H17ClFNO2S. The summed E-state index contributed by atoms with van der Waals surface area (Å²) in [5.41, 5.74) is 2.15. The molecule has 1 atom stereocenters. The van der Waals surface area contributed by atoms with E-state index in [0.29, 0.717) is 0 Å². The number of sulfonamides is 1. The minimum atomic E-state index is -3.93. The van der Waals surface area contributed by atoms with E-state index in [4.69, 9.17) is 11.6 Å². The number of fused-ring (bicyclic) bond motifs is 1. The lowest BCUT2D eigenvalue weighted by Crippen LogP contribution is -2.33. The van der Waals surface area contributed by atoms with Crippen LogP contribution in [0.5, 0.6) is 0 Å². The fourth-order valence-corrected chi connectivity index (χ4v) is 4.68. The van der Waals surface area contributed by atoms with Crippen LogP contribution >= 0.6 is 11.6 Å². The van der Waals surface area contributed by atoms with Gasteiger partial charge in [0.05, 0.1) is 0 Å². The van der Waals surface area contributed by atoms with E-state index in [-0.39, 0.29) is 16.0 Å². The molecule has 0 N–H and O–H groups in total. The number of benzene rings is 2. The highest BCUT2D eigenvalue weighted by Crippen LogP contribution is 2.36. The van der Waals surface area contributed by atoms with Crippen molar-refractivity contribution in [3.8, 4) is 0 Å². The van der Waals surface area contributed by atoms with E-state index in [1.165, 1.54) is 23.5 Å². The lowest BCUT2D eigenvalue weighted by Gasteiger charge is -2.32. The summed E-state index contributed by atoms with van der Waals surface area (Å²) in [6.07, 6.45) is 2.57. The first-order valence-electron chi connectivity index (χ1n) is 7.42. The van der Waals surface area contributed by atoms with Crippen LogP contribution in [0, 0.1) is 5.82 Å². The van der Waals surface area contributed by atoms with E-state index in [2.05, 4.69) is 0 Å². The number of aryl methyl sites for hydroxylation is 1. The SMILES string of the molecule is CN(C1CCCc2ccccc21)S(=O)(=O)c1ccc(Cl)cc1F. The summed E-state index contributed by atoms with van der Waals surface area (Å²) in [6.45, 7) is 0.